The van der Waals surface area contributed by atoms with Crippen LogP contribution in [0.15, 0.2) is 67.0 Å². The minimum absolute atomic E-state index is 0.116. The maximum absolute atomic E-state index is 17.1. The topological polar surface area (TPSA) is 200 Å². The largest absolute Gasteiger partial charge is 0.509 e. The molecule has 2 aromatic heterocycles. The number of anilines is 2. The Kier molecular flexibility index (Phi) is 11.2. The van der Waals surface area contributed by atoms with Crippen molar-refractivity contribution in [1.82, 2.24) is 24.6 Å². The highest BCUT2D eigenvalue weighted by Gasteiger charge is 2.59. The zero-order valence-corrected chi connectivity index (χ0v) is 28.9. The van der Waals surface area contributed by atoms with Crippen LogP contribution in [-0.4, -0.2) is 75.3 Å². The van der Waals surface area contributed by atoms with Crippen molar-refractivity contribution in [3.63, 3.8) is 0 Å². The third kappa shape index (κ3) is 8.48. The lowest BCUT2D eigenvalue weighted by Crippen LogP contribution is -2.44. The molecule has 16 nitrogen and oxygen atoms in total. The fraction of sp³-hybridized carbons (Fsp3) is 0.406. The number of nitrogens with two attached hydrogens (primary N) is 1. The molecule has 6 atom stereocenters. The van der Waals surface area contributed by atoms with Gasteiger partial charge in [-0.3, -0.25) is 13.9 Å². The van der Waals surface area contributed by atoms with Gasteiger partial charge < -0.3 is 34.5 Å². The minimum atomic E-state index is -4.43. The van der Waals surface area contributed by atoms with Gasteiger partial charge in [0.15, 0.2) is 35.0 Å². The van der Waals surface area contributed by atoms with Crippen molar-refractivity contribution in [2.24, 2.45) is 0 Å². The maximum atomic E-state index is 17.1. The average molecular weight is 716 g/mol. The number of nitrogens with zero attached hydrogens (tertiary/aromatic N) is 4. The van der Waals surface area contributed by atoms with E-state index in [4.69, 9.17) is 33.7 Å². The molecule has 5 rings (SSSR count). The van der Waals surface area contributed by atoms with Gasteiger partial charge >= 0.3 is 19.9 Å². The molecule has 3 heterocycles. The Bertz CT molecular complexity index is 1830. The molecule has 50 heavy (non-hydrogen) atoms. The first-order valence-electron chi connectivity index (χ1n) is 15.7. The van der Waals surface area contributed by atoms with E-state index in [9.17, 15) is 14.2 Å². The fourth-order valence-corrected chi connectivity index (χ4v) is 6.67. The van der Waals surface area contributed by atoms with Crippen molar-refractivity contribution in [1.29, 1.82) is 0 Å². The Labute approximate surface area is 287 Å². The first-order valence-corrected chi connectivity index (χ1v) is 17.2. The van der Waals surface area contributed by atoms with Crippen molar-refractivity contribution < 1.29 is 46.5 Å². The van der Waals surface area contributed by atoms with Crippen molar-refractivity contribution in [2.45, 2.75) is 70.6 Å². The van der Waals surface area contributed by atoms with Crippen LogP contribution in [0.1, 0.15) is 39.5 Å². The van der Waals surface area contributed by atoms with Gasteiger partial charge in [-0.25, -0.2) is 18.7 Å². The quantitative estimate of drug-likeness (QED) is 0.117. The molecule has 268 valence electrons. The molecule has 1 aliphatic heterocycles. The van der Waals surface area contributed by atoms with Gasteiger partial charge in [0.05, 0.1) is 19.0 Å². The van der Waals surface area contributed by atoms with Crippen LogP contribution in [0.25, 0.3) is 11.2 Å². The SMILES string of the molecule is CNc1nc(N)nc2c1ncn2[C@@H]1O[C@H](COP(=O)(N[C@@H](C)C(=O)OC(C)C)Oc2ccccc2)[C@@H](OC(=O)OCc2ccccc2)[C@@]1(C)F. The monoisotopic (exact) mass is 715 g/mol. The molecule has 0 aliphatic carbocycles. The first-order chi connectivity index (χ1) is 23.8. The highest BCUT2D eigenvalue weighted by molar-refractivity contribution is 7.52. The van der Waals surface area contributed by atoms with Crippen LogP contribution in [-0.2, 0) is 39.4 Å². The van der Waals surface area contributed by atoms with Gasteiger partial charge in [0.2, 0.25) is 5.95 Å². The Morgan fingerprint density at radius 2 is 1.78 bits per heavy atom. The molecule has 4 aromatic rings. The van der Waals surface area contributed by atoms with Crippen LogP contribution < -0.4 is 20.7 Å². The minimum Gasteiger partial charge on any atom is -0.462 e. The van der Waals surface area contributed by atoms with Gasteiger partial charge in [-0.05, 0) is 45.4 Å². The zero-order chi connectivity index (χ0) is 36.1. The number of hydrogen-bond acceptors (Lipinski definition) is 14. The highest BCUT2D eigenvalue weighted by atomic mass is 31.2. The number of benzene rings is 2. The summed E-state index contributed by atoms with van der Waals surface area (Å²) in [6, 6.07) is 15.7. The van der Waals surface area contributed by atoms with Crippen LogP contribution in [0.5, 0.6) is 5.75 Å². The van der Waals surface area contributed by atoms with Gasteiger partial charge in [-0.1, -0.05) is 48.5 Å². The number of aromatic nitrogens is 4. The lowest BCUT2D eigenvalue weighted by Gasteiger charge is -2.28. The number of nitrogen functional groups attached to an aromatic ring is 1. The third-order valence-electron chi connectivity index (χ3n) is 7.47. The molecule has 1 saturated heterocycles. The number of rotatable bonds is 14. The Hall–Kier alpha value is -4.83. The van der Waals surface area contributed by atoms with Crippen LogP contribution in [0, 0.1) is 0 Å². The lowest BCUT2D eigenvalue weighted by atomic mass is 9.98. The second kappa shape index (κ2) is 15.4. The molecular weight excluding hydrogens is 676 g/mol. The van der Waals surface area contributed by atoms with E-state index in [0.717, 1.165) is 6.92 Å². The Morgan fingerprint density at radius 1 is 1.10 bits per heavy atom. The van der Waals surface area contributed by atoms with Crippen molar-refractivity contribution in [3.05, 3.63) is 72.6 Å². The van der Waals surface area contributed by atoms with Gasteiger partial charge in [-0.2, -0.15) is 15.1 Å². The summed E-state index contributed by atoms with van der Waals surface area (Å²) in [6.07, 6.45) is -4.98. The number of esters is 1. The molecule has 0 bridgehead atoms. The number of imidazole rings is 1. The molecule has 0 radical (unpaired) electrons. The van der Waals surface area contributed by atoms with E-state index in [0.29, 0.717) is 5.56 Å². The summed E-state index contributed by atoms with van der Waals surface area (Å²) < 4.78 is 66.2. The molecule has 0 amide bonds. The normalized spacial score (nSPS) is 22.1. The summed E-state index contributed by atoms with van der Waals surface area (Å²) in [5.41, 5.74) is 4.49. The van der Waals surface area contributed by atoms with Crippen LogP contribution in [0.2, 0.25) is 0 Å². The lowest BCUT2D eigenvalue weighted by molar-refractivity contribution is -0.149. The number of hydrogen-bond donors (Lipinski definition) is 3. The van der Waals surface area contributed by atoms with E-state index in [1.165, 1.54) is 30.0 Å². The molecule has 2 aromatic carbocycles. The Balaban J connectivity index is 1.44. The number of fused-ring (bicyclic) bond motifs is 1. The van der Waals surface area contributed by atoms with Gasteiger partial charge in [-0.15, -0.1) is 0 Å². The summed E-state index contributed by atoms with van der Waals surface area (Å²) in [7, 11) is -2.82. The van der Waals surface area contributed by atoms with E-state index in [1.807, 2.05) is 0 Å². The second-order valence-corrected chi connectivity index (χ2v) is 13.5. The zero-order valence-electron chi connectivity index (χ0n) is 28.0. The number of ether oxygens (including phenoxy) is 4. The number of carbonyl (C=O) groups is 2. The van der Waals surface area contributed by atoms with Crippen LogP contribution in [0.4, 0.5) is 21.0 Å². The van der Waals surface area contributed by atoms with E-state index >= 15 is 4.39 Å². The third-order valence-corrected chi connectivity index (χ3v) is 9.11. The Morgan fingerprint density at radius 3 is 2.44 bits per heavy atom. The molecule has 18 heteroatoms. The van der Waals surface area contributed by atoms with E-state index in [-0.39, 0.29) is 35.3 Å². The van der Waals surface area contributed by atoms with Crippen molar-refractivity contribution in [3.8, 4) is 5.75 Å². The van der Waals surface area contributed by atoms with E-state index in [2.05, 4.69) is 25.4 Å². The second-order valence-electron chi connectivity index (χ2n) is 11.8. The molecule has 0 spiro atoms. The summed E-state index contributed by atoms with van der Waals surface area (Å²) in [5, 5.41) is 5.43. The number of alkyl halides is 1. The van der Waals surface area contributed by atoms with Crippen molar-refractivity contribution >= 4 is 42.8 Å². The fourth-order valence-electron chi connectivity index (χ4n) is 5.17. The molecule has 0 saturated carbocycles. The highest BCUT2D eigenvalue weighted by Crippen LogP contribution is 2.49. The average Bonchev–Trinajstić information content (AvgIpc) is 3.60. The smallest absolute Gasteiger partial charge is 0.462 e. The summed E-state index contributed by atoms with van der Waals surface area (Å²) in [6.45, 7) is 5.10. The molecule has 1 unspecified atom stereocenters. The van der Waals surface area contributed by atoms with Crippen LogP contribution in [0.3, 0.4) is 0 Å². The number of para-hydroxylation sites is 1. The summed E-state index contributed by atoms with van der Waals surface area (Å²) in [4.78, 5) is 38.2. The predicted molar refractivity (Wildman–Crippen MR) is 179 cm³/mol. The van der Waals surface area contributed by atoms with Gasteiger partial charge in [0.1, 0.15) is 24.5 Å². The first kappa shape index (κ1) is 36.5. The van der Waals surface area contributed by atoms with Crippen LogP contribution >= 0.6 is 7.75 Å². The molecule has 1 fully saturated rings. The standard InChI is InChI=1S/C32H39FN7O9P/c1-19(2)46-28(41)20(3)39-50(43,49-22-14-10-7-11-15-22)45-17-23-25(48-31(42)44-16-21-12-8-6-9-13-21)32(4,33)29(47-23)40-18-36-24-26(35-5)37-30(34)38-27(24)40/h6-15,18-20,23,25,29H,16-17H2,1-5H3,(H,39,43)(H3,34,35,37,38)/t20-,23+,25+,29+,32+,50?/m0/s1. The van der Waals surface area contributed by atoms with Crippen molar-refractivity contribution in [2.75, 3.05) is 24.7 Å². The number of carbonyl (C=O) groups excluding carboxylic acids is 2. The van der Waals surface area contributed by atoms with E-state index in [1.54, 1.807) is 69.4 Å². The molecule has 1 aliphatic rings. The van der Waals surface area contributed by atoms with Gasteiger partial charge in [0, 0.05) is 7.05 Å². The number of nitrogens with one attached hydrogen (secondary N) is 2. The molecule has 4 N–H and O–H groups in total. The summed E-state index contributed by atoms with van der Waals surface area (Å²) >= 11 is 0. The maximum Gasteiger partial charge on any atom is 0.509 e. The summed E-state index contributed by atoms with van der Waals surface area (Å²) in [5.74, 6) is -0.398. The van der Waals surface area contributed by atoms with E-state index < -0.39 is 62.7 Å². The van der Waals surface area contributed by atoms with Gasteiger partial charge in [0.25, 0.3) is 0 Å². The predicted octanol–water partition coefficient (Wildman–Crippen LogP) is 4.93. The molecular formula is C32H39FN7O9P. The number of halogens is 1.